The zero-order valence-electron chi connectivity index (χ0n) is 10.8. The molecule has 4 heteroatoms. The number of aryl methyl sites for hydroxylation is 1. The van der Waals surface area contributed by atoms with Crippen LogP contribution in [-0.2, 0) is 6.54 Å². The lowest BCUT2D eigenvalue weighted by atomic mass is 10.2. The third-order valence-electron chi connectivity index (χ3n) is 2.29. The van der Waals surface area contributed by atoms with Gasteiger partial charge < -0.3 is 5.32 Å². The molecule has 1 rings (SSSR count). The average Bonchev–Trinajstić information content (AvgIpc) is 2.58. The predicted octanol–water partition coefficient (Wildman–Crippen LogP) is 2.13. The molecule has 1 N–H and O–H groups in total. The van der Waals surface area contributed by atoms with E-state index in [9.17, 15) is 0 Å². The molecule has 0 unspecified atom stereocenters. The second kappa shape index (κ2) is 6.99. The Labute approximate surface area is 103 Å². The molecular weight excluding hydrogens is 218 g/mol. The van der Waals surface area contributed by atoms with Crippen molar-refractivity contribution < 1.29 is 0 Å². The molecule has 0 bridgehead atoms. The average molecular weight is 241 g/mol. The molecule has 0 spiro atoms. The Balaban J connectivity index is 2.13. The molecule has 0 atom stereocenters. The molecule has 0 amide bonds. The molecule has 3 nitrogen and oxygen atoms in total. The van der Waals surface area contributed by atoms with Gasteiger partial charge in [0.25, 0.3) is 0 Å². The Morgan fingerprint density at radius 3 is 2.81 bits per heavy atom. The van der Waals surface area contributed by atoms with Crippen molar-refractivity contribution in [3.05, 3.63) is 16.1 Å². The maximum Gasteiger partial charge on any atom is 0.107 e. The number of nitrogens with zero attached hydrogens (tertiary/aromatic N) is 2. The second-order valence-corrected chi connectivity index (χ2v) is 5.66. The van der Waals surface area contributed by atoms with Gasteiger partial charge in [0, 0.05) is 24.2 Å². The maximum absolute atomic E-state index is 4.46. The SMILES string of the molecule is Cc1csc(CN(C)CCNCC(C)C)n1. The van der Waals surface area contributed by atoms with Gasteiger partial charge in [0.2, 0.25) is 0 Å². The predicted molar refractivity (Wildman–Crippen MR) is 70.9 cm³/mol. The Morgan fingerprint density at radius 2 is 2.25 bits per heavy atom. The van der Waals surface area contributed by atoms with Crippen LogP contribution in [-0.4, -0.2) is 36.6 Å². The molecule has 0 fully saturated rings. The van der Waals surface area contributed by atoms with Gasteiger partial charge in [-0.2, -0.15) is 0 Å². The summed E-state index contributed by atoms with van der Waals surface area (Å²) in [5.41, 5.74) is 1.13. The number of nitrogens with one attached hydrogen (secondary N) is 1. The number of aromatic nitrogens is 1. The van der Waals surface area contributed by atoms with E-state index in [-0.39, 0.29) is 0 Å². The summed E-state index contributed by atoms with van der Waals surface area (Å²) < 4.78 is 0. The van der Waals surface area contributed by atoms with Gasteiger partial charge in [0.15, 0.2) is 0 Å². The molecule has 16 heavy (non-hydrogen) atoms. The van der Waals surface area contributed by atoms with E-state index in [0.29, 0.717) is 0 Å². The molecule has 1 heterocycles. The summed E-state index contributed by atoms with van der Waals surface area (Å²) in [6.07, 6.45) is 0. The largest absolute Gasteiger partial charge is 0.315 e. The first-order chi connectivity index (χ1) is 7.58. The van der Waals surface area contributed by atoms with Crippen LogP contribution in [0.3, 0.4) is 0 Å². The summed E-state index contributed by atoms with van der Waals surface area (Å²) in [6.45, 7) is 10.7. The molecule has 92 valence electrons. The fourth-order valence-corrected chi connectivity index (χ4v) is 2.30. The van der Waals surface area contributed by atoms with Crippen molar-refractivity contribution in [3.8, 4) is 0 Å². The van der Waals surface area contributed by atoms with Crippen molar-refractivity contribution in [1.82, 2.24) is 15.2 Å². The van der Waals surface area contributed by atoms with Crippen LogP contribution >= 0.6 is 11.3 Å². The molecule has 0 aliphatic heterocycles. The molecule has 0 aliphatic rings. The van der Waals surface area contributed by atoms with E-state index < -0.39 is 0 Å². The second-order valence-electron chi connectivity index (χ2n) is 4.72. The van der Waals surface area contributed by atoms with Crippen LogP contribution in [0, 0.1) is 12.8 Å². The Hall–Kier alpha value is -0.450. The van der Waals surface area contributed by atoms with E-state index >= 15 is 0 Å². The molecule has 0 saturated heterocycles. The van der Waals surface area contributed by atoms with Crippen LogP contribution in [0.25, 0.3) is 0 Å². The standard InChI is InChI=1S/C12H23N3S/c1-10(2)7-13-5-6-15(4)8-12-14-11(3)9-16-12/h9-10,13H,5-8H2,1-4H3. The quantitative estimate of drug-likeness (QED) is 0.741. The van der Waals surface area contributed by atoms with Gasteiger partial charge in [0.1, 0.15) is 5.01 Å². The highest BCUT2D eigenvalue weighted by molar-refractivity contribution is 7.09. The first-order valence-electron chi connectivity index (χ1n) is 5.88. The normalized spacial score (nSPS) is 11.6. The van der Waals surface area contributed by atoms with Gasteiger partial charge in [-0.1, -0.05) is 13.8 Å². The van der Waals surface area contributed by atoms with Crippen LogP contribution < -0.4 is 5.32 Å². The van der Waals surface area contributed by atoms with E-state index in [2.05, 4.69) is 41.5 Å². The van der Waals surface area contributed by atoms with Crippen LogP contribution in [0.4, 0.5) is 0 Å². The molecule has 1 aromatic rings. The van der Waals surface area contributed by atoms with E-state index in [1.165, 1.54) is 5.01 Å². The van der Waals surface area contributed by atoms with Gasteiger partial charge in [-0.25, -0.2) is 4.98 Å². The highest BCUT2D eigenvalue weighted by atomic mass is 32.1. The van der Waals surface area contributed by atoms with Crippen LogP contribution in [0.1, 0.15) is 24.5 Å². The van der Waals surface area contributed by atoms with E-state index in [0.717, 1.165) is 37.8 Å². The van der Waals surface area contributed by atoms with Gasteiger partial charge in [-0.15, -0.1) is 11.3 Å². The summed E-state index contributed by atoms with van der Waals surface area (Å²) in [4.78, 5) is 6.77. The summed E-state index contributed by atoms with van der Waals surface area (Å²) in [7, 11) is 2.15. The van der Waals surface area contributed by atoms with Crippen molar-refractivity contribution in [3.63, 3.8) is 0 Å². The lowest BCUT2D eigenvalue weighted by Crippen LogP contribution is -2.30. The summed E-state index contributed by atoms with van der Waals surface area (Å²) >= 11 is 1.75. The number of hydrogen-bond donors (Lipinski definition) is 1. The number of thiazole rings is 1. The Morgan fingerprint density at radius 1 is 1.50 bits per heavy atom. The van der Waals surface area contributed by atoms with Gasteiger partial charge >= 0.3 is 0 Å². The van der Waals surface area contributed by atoms with Crippen molar-refractivity contribution in [2.24, 2.45) is 5.92 Å². The van der Waals surface area contributed by atoms with Gasteiger partial charge in [-0.3, -0.25) is 4.90 Å². The van der Waals surface area contributed by atoms with Crippen LogP contribution in [0.5, 0.6) is 0 Å². The third kappa shape index (κ3) is 5.58. The summed E-state index contributed by atoms with van der Waals surface area (Å²) in [6, 6.07) is 0. The molecule has 0 radical (unpaired) electrons. The van der Waals surface area contributed by atoms with Crippen LogP contribution in [0.2, 0.25) is 0 Å². The smallest absolute Gasteiger partial charge is 0.107 e. The Kier molecular flexibility index (Phi) is 5.95. The van der Waals surface area contributed by atoms with E-state index in [1.807, 2.05) is 6.92 Å². The highest BCUT2D eigenvalue weighted by Gasteiger charge is 2.03. The highest BCUT2D eigenvalue weighted by Crippen LogP contribution is 2.10. The molecular formula is C12H23N3S. The third-order valence-corrected chi connectivity index (χ3v) is 3.25. The minimum Gasteiger partial charge on any atom is -0.315 e. The lowest BCUT2D eigenvalue weighted by molar-refractivity contribution is 0.321. The molecule has 0 aliphatic carbocycles. The zero-order valence-corrected chi connectivity index (χ0v) is 11.6. The Bertz CT molecular complexity index is 296. The first kappa shape index (κ1) is 13.6. The van der Waals surface area contributed by atoms with Crippen molar-refractivity contribution in [1.29, 1.82) is 0 Å². The lowest BCUT2D eigenvalue weighted by Gasteiger charge is -2.15. The monoisotopic (exact) mass is 241 g/mol. The first-order valence-corrected chi connectivity index (χ1v) is 6.76. The molecule has 0 saturated carbocycles. The minimum atomic E-state index is 0.729. The fourth-order valence-electron chi connectivity index (χ4n) is 1.45. The maximum atomic E-state index is 4.46. The molecule has 0 aromatic carbocycles. The zero-order chi connectivity index (χ0) is 12.0. The number of rotatable bonds is 7. The van der Waals surface area contributed by atoms with E-state index in [1.54, 1.807) is 11.3 Å². The fraction of sp³-hybridized carbons (Fsp3) is 0.750. The van der Waals surface area contributed by atoms with E-state index in [4.69, 9.17) is 0 Å². The minimum absolute atomic E-state index is 0.729. The van der Waals surface area contributed by atoms with Crippen molar-refractivity contribution >= 4 is 11.3 Å². The van der Waals surface area contributed by atoms with Crippen LogP contribution in [0.15, 0.2) is 5.38 Å². The van der Waals surface area contributed by atoms with Crippen molar-refractivity contribution in [2.75, 3.05) is 26.7 Å². The van der Waals surface area contributed by atoms with Crippen molar-refractivity contribution in [2.45, 2.75) is 27.3 Å². The number of hydrogen-bond acceptors (Lipinski definition) is 4. The molecule has 1 aromatic heterocycles. The number of likely N-dealkylation sites (N-methyl/N-ethyl adjacent to an activating group) is 1. The van der Waals surface area contributed by atoms with Gasteiger partial charge in [0.05, 0.1) is 6.54 Å². The topological polar surface area (TPSA) is 28.2 Å². The summed E-state index contributed by atoms with van der Waals surface area (Å²) in [5, 5.41) is 6.77. The van der Waals surface area contributed by atoms with Gasteiger partial charge in [-0.05, 0) is 26.4 Å². The summed E-state index contributed by atoms with van der Waals surface area (Å²) in [5.74, 6) is 0.729.